The van der Waals surface area contributed by atoms with E-state index >= 15 is 0 Å². The quantitative estimate of drug-likeness (QED) is 0.745. The number of amides is 2. The Morgan fingerprint density at radius 2 is 2.05 bits per heavy atom. The van der Waals surface area contributed by atoms with Crippen molar-refractivity contribution in [3.8, 4) is 0 Å². The van der Waals surface area contributed by atoms with Crippen LogP contribution in [-0.4, -0.2) is 36.9 Å². The average molecular weight is 335 g/mol. The number of hydrogen-bond acceptors (Lipinski definition) is 3. The van der Waals surface area contributed by atoms with Gasteiger partial charge in [0.05, 0.1) is 12.6 Å². The van der Waals surface area contributed by atoms with E-state index in [0.717, 1.165) is 0 Å². The smallest absolute Gasteiger partial charge is 0.334 e. The Balaban J connectivity index is 2.56. The molecule has 1 aromatic rings. The number of aliphatic carboxylic acids is 1. The molecule has 0 radical (unpaired) electrons. The number of rotatable bonds is 6. The van der Waals surface area contributed by atoms with Gasteiger partial charge in [-0.2, -0.15) is 0 Å². The molecule has 2 unspecified atom stereocenters. The summed E-state index contributed by atoms with van der Waals surface area (Å²) < 4.78 is 4.71. The first-order valence-corrected chi connectivity index (χ1v) is 6.85. The fourth-order valence-electron chi connectivity index (χ4n) is 1.63. The zero-order chi connectivity index (χ0) is 16.0. The fraction of sp³-hybridized carbons (Fsp3) is 0.385. The summed E-state index contributed by atoms with van der Waals surface area (Å²) in [6.07, 6.45) is -1.09. The van der Waals surface area contributed by atoms with Gasteiger partial charge >= 0.3 is 12.0 Å². The molecular formula is C13H16Cl2N2O4. The first kappa shape index (κ1) is 17.6. The van der Waals surface area contributed by atoms with E-state index in [1.807, 2.05) is 0 Å². The van der Waals surface area contributed by atoms with Crippen molar-refractivity contribution in [3.05, 3.63) is 33.8 Å². The van der Waals surface area contributed by atoms with E-state index in [9.17, 15) is 9.59 Å². The number of benzene rings is 1. The van der Waals surface area contributed by atoms with Crippen molar-refractivity contribution >= 4 is 35.2 Å². The molecule has 0 aliphatic carbocycles. The summed E-state index contributed by atoms with van der Waals surface area (Å²) in [6.45, 7) is 1.61. The maximum Gasteiger partial charge on any atom is 0.334 e. The molecule has 116 valence electrons. The summed E-state index contributed by atoms with van der Waals surface area (Å²) in [7, 11) is 1.26. The van der Waals surface area contributed by atoms with Gasteiger partial charge in [0.15, 0.2) is 6.10 Å². The SMILES string of the molecule is COC(CNC(=O)NC(C)c1ccc(Cl)cc1Cl)C(=O)O. The van der Waals surface area contributed by atoms with E-state index in [-0.39, 0.29) is 12.6 Å². The minimum absolute atomic E-state index is 0.140. The van der Waals surface area contributed by atoms with Crippen molar-refractivity contribution in [1.82, 2.24) is 10.6 Å². The Hall–Kier alpha value is -1.50. The molecule has 2 amide bonds. The van der Waals surface area contributed by atoms with Crippen LogP contribution in [0.2, 0.25) is 10.0 Å². The summed E-state index contributed by atoms with van der Waals surface area (Å²) in [5.41, 5.74) is 0.706. The van der Waals surface area contributed by atoms with Crippen LogP contribution in [-0.2, 0) is 9.53 Å². The lowest BCUT2D eigenvalue weighted by Crippen LogP contribution is -2.43. The summed E-state index contributed by atoms with van der Waals surface area (Å²) >= 11 is 11.8. The summed E-state index contributed by atoms with van der Waals surface area (Å²) in [5, 5.41) is 14.8. The fourth-order valence-corrected chi connectivity index (χ4v) is 2.21. The topological polar surface area (TPSA) is 87.7 Å². The van der Waals surface area contributed by atoms with Crippen LogP contribution in [0.15, 0.2) is 18.2 Å². The van der Waals surface area contributed by atoms with E-state index in [2.05, 4.69) is 10.6 Å². The van der Waals surface area contributed by atoms with Crippen molar-refractivity contribution in [2.24, 2.45) is 0 Å². The highest BCUT2D eigenvalue weighted by atomic mass is 35.5. The van der Waals surface area contributed by atoms with Crippen LogP contribution in [0.1, 0.15) is 18.5 Å². The first-order valence-electron chi connectivity index (χ1n) is 6.10. The van der Waals surface area contributed by atoms with Gasteiger partial charge in [-0.15, -0.1) is 0 Å². The van der Waals surface area contributed by atoms with Gasteiger partial charge in [-0.05, 0) is 24.6 Å². The van der Waals surface area contributed by atoms with Crippen LogP contribution >= 0.6 is 23.2 Å². The predicted molar refractivity (Wildman–Crippen MR) is 79.8 cm³/mol. The zero-order valence-electron chi connectivity index (χ0n) is 11.5. The van der Waals surface area contributed by atoms with Crippen LogP contribution in [0.5, 0.6) is 0 Å². The third-order valence-electron chi connectivity index (χ3n) is 2.78. The molecule has 0 aliphatic heterocycles. The van der Waals surface area contributed by atoms with E-state index in [4.69, 9.17) is 33.0 Å². The van der Waals surface area contributed by atoms with Gasteiger partial charge in [-0.3, -0.25) is 0 Å². The molecule has 0 heterocycles. The third-order valence-corrected chi connectivity index (χ3v) is 3.35. The minimum atomic E-state index is -1.15. The molecule has 8 heteroatoms. The van der Waals surface area contributed by atoms with Gasteiger partial charge in [-0.1, -0.05) is 29.3 Å². The van der Waals surface area contributed by atoms with Crippen molar-refractivity contribution in [3.63, 3.8) is 0 Å². The number of urea groups is 1. The Morgan fingerprint density at radius 3 is 2.57 bits per heavy atom. The highest BCUT2D eigenvalue weighted by Crippen LogP contribution is 2.25. The Morgan fingerprint density at radius 1 is 1.38 bits per heavy atom. The molecule has 1 aromatic carbocycles. The molecule has 0 spiro atoms. The van der Waals surface area contributed by atoms with E-state index in [1.54, 1.807) is 25.1 Å². The number of halogens is 2. The first-order chi connectivity index (χ1) is 9.85. The maximum atomic E-state index is 11.7. The summed E-state index contributed by atoms with van der Waals surface area (Å²) in [4.78, 5) is 22.4. The second kappa shape index (κ2) is 8.07. The molecule has 0 aliphatic rings. The second-order valence-corrected chi connectivity index (χ2v) is 5.15. The summed E-state index contributed by atoms with van der Waals surface area (Å²) in [6, 6.07) is 4.09. The van der Waals surface area contributed by atoms with E-state index in [0.29, 0.717) is 15.6 Å². The Kier molecular flexibility index (Phi) is 6.74. The van der Waals surface area contributed by atoms with Gasteiger partial charge in [0.2, 0.25) is 0 Å². The summed E-state index contributed by atoms with van der Waals surface area (Å²) in [5.74, 6) is -1.15. The Labute approximate surface area is 132 Å². The third kappa shape index (κ3) is 5.41. The van der Waals surface area contributed by atoms with Crippen LogP contribution in [0.4, 0.5) is 4.79 Å². The number of carbonyl (C=O) groups excluding carboxylic acids is 1. The van der Waals surface area contributed by atoms with E-state index < -0.39 is 18.1 Å². The normalized spacial score (nSPS) is 13.3. The van der Waals surface area contributed by atoms with Crippen LogP contribution in [0.25, 0.3) is 0 Å². The van der Waals surface area contributed by atoms with Crippen molar-refractivity contribution < 1.29 is 19.4 Å². The molecule has 0 saturated heterocycles. The van der Waals surface area contributed by atoms with Crippen molar-refractivity contribution in [2.75, 3.05) is 13.7 Å². The van der Waals surface area contributed by atoms with Gasteiger partial charge in [0.1, 0.15) is 0 Å². The number of carboxylic acids is 1. The van der Waals surface area contributed by atoms with E-state index in [1.165, 1.54) is 7.11 Å². The number of ether oxygens (including phenoxy) is 1. The van der Waals surface area contributed by atoms with Gasteiger partial charge < -0.3 is 20.5 Å². The van der Waals surface area contributed by atoms with Crippen LogP contribution in [0.3, 0.4) is 0 Å². The average Bonchev–Trinajstić information content (AvgIpc) is 2.38. The number of hydrogen-bond donors (Lipinski definition) is 3. The molecule has 0 aromatic heterocycles. The lowest BCUT2D eigenvalue weighted by Gasteiger charge is -2.17. The van der Waals surface area contributed by atoms with Gasteiger partial charge in [0.25, 0.3) is 0 Å². The second-order valence-electron chi connectivity index (χ2n) is 4.30. The highest BCUT2D eigenvalue weighted by molar-refractivity contribution is 6.35. The molecule has 21 heavy (non-hydrogen) atoms. The van der Waals surface area contributed by atoms with Crippen molar-refractivity contribution in [2.45, 2.75) is 19.1 Å². The molecular weight excluding hydrogens is 319 g/mol. The Bertz CT molecular complexity index is 525. The van der Waals surface area contributed by atoms with Crippen LogP contribution in [0, 0.1) is 0 Å². The largest absolute Gasteiger partial charge is 0.479 e. The molecule has 1 rings (SSSR count). The maximum absolute atomic E-state index is 11.7. The zero-order valence-corrected chi connectivity index (χ0v) is 13.0. The minimum Gasteiger partial charge on any atom is -0.479 e. The molecule has 0 bridgehead atoms. The molecule has 0 fully saturated rings. The number of nitrogens with one attached hydrogen (secondary N) is 2. The molecule has 0 saturated carbocycles. The highest BCUT2D eigenvalue weighted by Gasteiger charge is 2.18. The molecule has 3 N–H and O–H groups in total. The number of carbonyl (C=O) groups is 2. The van der Waals surface area contributed by atoms with Crippen molar-refractivity contribution in [1.29, 1.82) is 0 Å². The van der Waals surface area contributed by atoms with Gasteiger partial charge in [-0.25, -0.2) is 9.59 Å². The lowest BCUT2D eigenvalue weighted by atomic mass is 10.1. The number of methoxy groups -OCH3 is 1. The number of carboxylic acid groups (broad SMARTS) is 1. The molecule has 6 nitrogen and oxygen atoms in total. The predicted octanol–water partition coefficient (Wildman–Crippen LogP) is 2.45. The van der Waals surface area contributed by atoms with Crippen LogP contribution < -0.4 is 10.6 Å². The molecule has 2 atom stereocenters. The lowest BCUT2D eigenvalue weighted by molar-refractivity contribution is -0.147. The monoisotopic (exact) mass is 334 g/mol. The standard InChI is InChI=1S/C13H16Cl2N2O4/c1-7(9-4-3-8(14)5-10(9)15)17-13(20)16-6-11(21-2)12(18)19/h3-5,7,11H,6H2,1-2H3,(H,18,19)(H2,16,17,20). The van der Waals surface area contributed by atoms with Gasteiger partial charge in [0, 0.05) is 17.2 Å².